The smallest absolute Gasteiger partial charge is 0.251 e. The number of sulfonamides is 1. The molecule has 33 heavy (non-hydrogen) atoms. The van der Waals surface area contributed by atoms with E-state index in [1.165, 1.54) is 23.5 Å². The van der Waals surface area contributed by atoms with Gasteiger partial charge in [0.1, 0.15) is 12.2 Å². The van der Waals surface area contributed by atoms with Crippen molar-refractivity contribution in [1.29, 1.82) is 0 Å². The Morgan fingerprint density at radius 3 is 2.76 bits per heavy atom. The molecule has 7 nitrogen and oxygen atoms in total. The number of fused-ring (bicyclic) bond motifs is 1. The highest BCUT2D eigenvalue weighted by atomic mass is 32.2. The summed E-state index contributed by atoms with van der Waals surface area (Å²) in [4.78, 5) is 13.5. The van der Waals surface area contributed by atoms with Gasteiger partial charge in [-0.25, -0.2) is 13.1 Å². The lowest BCUT2D eigenvalue weighted by Gasteiger charge is -2.18. The molecular formula is C24H26N2O5S2. The molecule has 1 aliphatic rings. The summed E-state index contributed by atoms with van der Waals surface area (Å²) in [6.45, 7) is 4.79. The summed E-state index contributed by atoms with van der Waals surface area (Å²) in [7, 11) is -3.73. The largest absolute Gasteiger partial charge is 0.488 e. The second-order valence-electron chi connectivity index (χ2n) is 8.32. The van der Waals surface area contributed by atoms with Crippen LogP contribution in [0.25, 0.3) is 0 Å². The molecule has 1 aromatic heterocycles. The third-order valence-corrected chi connectivity index (χ3v) is 7.40. The summed E-state index contributed by atoms with van der Waals surface area (Å²) in [6, 6.07) is 15.5. The van der Waals surface area contributed by atoms with Gasteiger partial charge in [0.05, 0.1) is 11.4 Å². The van der Waals surface area contributed by atoms with Gasteiger partial charge in [-0.2, -0.15) is 0 Å². The van der Waals surface area contributed by atoms with E-state index >= 15 is 0 Å². The zero-order chi connectivity index (χ0) is 23.5. The fourth-order valence-electron chi connectivity index (χ4n) is 3.60. The molecule has 2 heterocycles. The van der Waals surface area contributed by atoms with Gasteiger partial charge in [0, 0.05) is 29.0 Å². The van der Waals surface area contributed by atoms with E-state index in [1.54, 1.807) is 12.1 Å². The molecule has 2 N–H and O–H groups in total. The molecule has 174 valence electrons. The second kappa shape index (κ2) is 9.54. The average Bonchev–Trinajstić information content (AvgIpc) is 3.41. The van der Waals surface area contributed by atoms with E-state index in [4.69, 9.17) is 9.47 Å². The first-order valence-electron chi connectivity index (χ1n) is 10.6. The van der Waals surface area contributed by atoms with Gasteiger partial charge in [0.25, 0.3) is 5.91 Å². The highest BCUT2D eigenvalue weighted by Crippen LogP contribution is 2.41. The molecule has 9 heteroatoms. The molecule has 0 atom stereocenters. The first-order chi connectivity index (χ1) is 15.7. The Bertz CT molecular complexity index is 1240. The van der Waals surface area contributed by atoms with E-state index in [0.29, 0.717) is 5.75 Å². The molecule has 1 amide bonds. The van der Waals surface area contributed by atoms with Crippen LogP contribution >= 0.6 is 11.3 Å². The zero-order valence-electron chi connectivity index (χ0n) is 18.5. The third-order valence-electron chi connectivity index (χ3n) is 5.12. The van der Waals surface area contributed by atoms with Crippen molar-refractivity contribution >= 4 is 27.3 Å². The van der Waals surface area contributed by atoms with Crippen LogP contribution in [0.15, 0.2) is 64.9 Å². The maximum atomic E-state index is 12.6. The summed E-state index contributed by atoms with van der Waals surface area (Å²) < 4.78 is 39.6. The summed E-state index contributed by atoms with van der Waals surface area (Å²) in [6.07, 6.45) is 0.817. The van der Waals surface area contributed by atoms with E-state index in [-0.39, 0.29) is 41.7 Å². The number of hydrogen-bond acceptors (Lipinski definition) is 6. The molecule has 0 bridgehead atoms. The fourth-order valence-corrected chi connectivity index (χ4v) is 5.38. The van der Waals surface area contributed by atoms with Gasteiger partial charge in [-0.1, -0.05) is 24.3 Å². The Kier molecular flexibility index (Phi) is 6.73. The van der Waals surface area contributed by atoms with Crippen molar-refractivity contribution in [3.8, 4) is 11.5 Å². The van der Waals surface area contributed by atoms with Crippen LogP contribution in [-0.2, 0) is 23.0 Å². The molecule has 0 unspecified atom stereocenters. The summed E-state index contributed by atoms with van der Waals surface area (Å²) in [5.74, 6) is 1.03. The van der Waals surface area contributed by atoms with Gasteiger partial charge in [-0.3, -0.25) is 4.79 Å². The number of para-hydroxylation sites is 1. The topological polar surface area (TPSA) is 93.7 Å². The molecule has 0 spiro atoms. The predicted octanol–water partition coefficient (Wildman–Crippen LogP) is 3.75. The minimum absolute atomic E-state index is 0.0440. The van der Waals surface area contributed by atoms with Crippen LogP contribution in [0.2, 0.25) is 0 Å². The zero-order valence-corrected chi connectivity index (χ0v) is 20.1. The maximum Gasteiger partial charge on any atom is 0.251 e. The van der Waals surface area contributed by atoms with Gasteiger partial charge in [-0.05, 0) is 49.6 Å². The highest BCUT2D eigenvalue weighted by Gasteiger charge is 2.32. The highest BCUT2D eigenvalue weighted by molar-refractivity contribution is 7.89. The molecule has 3 aromatic rings. The van der Waals surface area contributed by atoms with Crippen molar-refractivity contribution < 1.29 is 22.7 Å². The van der Waals surface area contributed by atoms with Crippen LogP contribution in [0.4, 0.5) is 0 Å². The number of carbonyl (C=O) groups excluding carboxylic acids is 1. The van der Waals surface area contributed by atoms with Gasteiger partial charge in [0.15, 0.2) is 11.5 Å². The number of nitrogens with one attached hydrogen (secondary N) is 2. The van der Waals surface area contributed by atoms with Crippen molar-refractivity contribution in [3.05, 3.63) is 76.0 Å². The minimum Gasteiger partial charge on any atom is -0.488 e. The van der Waals surface area contributed by atoms with E-state index in [1.807, 2.05) is 49.6 Å². The molecular weight excluding hydrogens is 460 g/mol. The van der Waals surface area contributed by atoms with E-state index in [9.17, 15) is 13.2 Å². The predicted molar refractivity (Wildman–Crippen MR) is 127 cm³/mol. The number of carbonyl (C=O) groups is 1. The molecule has 0 saturated heterocycles. The molecule has 0 saturated carbocycles. The first-order valence-corrected chi connectivity index (χ1v) is 12.9. The SMILES string of the molecule is CC1(C)Cc2cccc(OCCNC(=O)c3cccc(S(=O)(=O)NCc4cccs4)c3)c2O1. The van der Waals surface area contributed by atoms with Crippen LogP contribution < -0.4 is 19.5 Å². The Morgan fingerprint density at radius 2 is 1.97 bits per heavy atom. The lowest BCUT2D eigenvalue weighted by molar-refractivity contribution is 0.0946. The van der Waals surface area contributed by atoms with Crippen LogP contribution in [0.1, 0.15) is 34.6 Å². The van der Waals surface area contributed by atoms with Crippen LogP contribution in [0.5, 0.6) is 11.5 Å². The third kappa shape index (κ3) is 5.73. The Labute approximate surface area is 197 Å². The normalized spacial score (nSPS) is 14.4. The molecule has 0 fully saturated rings. The maximum absolute atomic E-state index is 12.6. The minimum atomic E-state index is -3.73. The molecule has 2 aromatic carbocycles. The number of rotatable bonds is 9. The lowest BCUT2D eigenvalue weighted by atomic mass is 10.0. The van der Waals surface area contributed by atoms with Crippen molar-refractivity contribution in [3.63, 3.8) is 0 Å². The standard InChI is InChI=1S/C24H26N2O5S2/c1-24(2)15-18-7-4-10-21(22(18)31-24)30-12-11-25-23(27)17-6-3-9-20(14-17)33(28,29)26-16-19-8-5-13-32-19/h3-10,13-14,26H,11-12,15-16H2,1-2H3,(H,25,27). The Morgan fingerprint density at radius 1 is 1.15 bits per heavy atom. The summed E-state index contributed by atoms with van der Waals surface area (Å²) >= 11 is 1.47. The lowest BCUT2D eigenvalue weighted by Crippen LogP contribution is -2.29. The Hall–Kier alpha value is -2.88. The number of amides is 1. The van der Waals surface area contributed by atoms with E-state index in [0.717, 1.165) is 22.6 Å². The van der Waals surface area contributed by atoms with Crippen LogP contribution in [0.3, 0.4) is 0 Å². The van der Waals surface area contributed by atoms with E-state index in [2.05, 4.69) is 10.0 Å². The van der Waals surface area contributed by atoms with Crippen molar-refractivity contribution in [2.45, 2.75) is 37.3 Å². The monoisotopic (exact) mass is 486 g/mol. The number of hydrogen-bond donors (Lipinski definition) is 2. The van der Waals surface area contributed by atoms with Crippen molar-refractivity contribution in [1.82, 2.24) is 10.0 Å². The molecule has 1 aliphatic heterocycles. The molecule has 4 rings (SSSR count). The summed E-state index contributed by atoms with van der Waals surface area (Å²) in [5, 5.41) is 4.65. The molecule has 0 aliphatic carbocycles. The number of thiophene rings is 1. The van der Waals surface area contributed by atoms with Crippen LogP contribution in [0, 0.1) is 0 Å². The Balaban J connectivity index is 1.31. The first kappa shape index (κ1) is 23.3. The van der Waals surface area contributed by atoms with Crippen molar-refractivity contribution in [2.24, 2.45) is 0 Å². The fraction of sp³-hybridized carbons (Fsp3) is 0.292. The van der Waals surface area contributed by atoms with Crippen LogP contribution in [-0.4, -0.2) is 33.1 Å². The summed E-state index contributed by atoms with van der Waals surface area (Å²) in [5.41, 5.74) is 1.10. The average molecular weight is 487 g/mol. The quantitative estimate of drug-likeness (QED) is 0.450. The van der Waals surface area contributed by atoms with Gasteiger partial charge in [-0.15, -0.1) is 11.3 Å². The number of benzene rings is 2. The number of ether oxygens (including phenoxy) is 2. The van der Waals surface area contributed by atoms with Gasteiger partial charge >= 0.3 is 0 Å². The van der Waals surface area contributed by atoms with Gasteiger partial charge < -0.3 is 14.8 Å². The van der Waals surface area contributed by atoms with Crippen molar-refractivity contribution in [2.75, 3.05) is 13.2 Å². The second-order valence-corrected chi connectivity index (χ2v) is 11.1. The van der Waals surface area contributed by atoms with Gasteiger partial charge in [0.2, 0.25) is 10.0 Å². The molecule has 0 radical (unpaired) electrons. The van der Waals surface area contributed by atoms with E-state index < -0.39 is 10.0 Å².